The van der Waals surface area contributed by atoms with Crippen LogP contribution in [-0.2, 0) is 4.74 Å². The summed E-state index contributed by atoms with van der Waals surface area (Å²) in [5.74, 6) is -1.90. The van der Waals surface area contributed by atoms with Gasteiger partial charge in [0.15, 0.2) is 0 Å². The number of halogens is 2. The molecule has 4 nitrogen and oxygen atoms in total. The molecule has 0 saturated carbocycles. The number of ether oxygens (including phenoxy) is 1. The molecule has 2 N–H and O–H groups in total. The topological polar surface area (TPSA) is 55.6 Å². The molecule has 6 heteroatoms. The summed E-state index contributed by atoms with van der Waals surface area (Å²) in [7, 11) is 0. The van der Waals surface area contributed by atoms with Gasteiger partial charge in [0, 0.05) is 19.6 Å². The molecular weight excluding hydrogens is 254 g/mol. The van der Waals surface area contributed by atoms with Crippen molar-refractivity contribution in [2.24, 2.45) is 5.73 Å². The zero-order valence-corrected chi connectivity index (χ0v) is 10.6. The zero-order valence-electron chi connectivity index (χ0n) is 10.6. The van der Waals surface area contributed by atoms with Crippen LogP contribution >= 0.6 is 0 Å². The van der Waals surface area contributed by atoms with E-state index in [4.69, 9.17) is 10.5 Å². The molecule has 1 fully saturated rings. The largest absolute Gasteiger partial charge is 0.370 e. The van der Waals surface area contributed by atoms with Gasteiger partial charge in [-0.25, -0.2) is 8.78 Å². The molecule has 1 aliphatic rings. The Morgan fingerprint density at radius 1 is 1.47 bits per heavy atom. The second-order valence-electron chi connectivity index (χ2n) is 4.64. The lowest BCUT2D eigenvalue weighted by Crippen LogP contribution is -2.51. The van der Waals surface area contributed by atoms with E-state index in [1.165, 1.54) is 4.90 Å². The second-order valence-corrected chi connectivity index (χ2v) is 4.64. The van der Waals surface area contributed by atoms with Gasteiger partial charge < -0.3 is 15.4 Å². The highest BCUT2D eigenvalue weighted by Crippen LogP contribution is 2.17. The summed E-state index contributed by atoms with van der Waals surface area (Å²) in [6.45, 7) is 2.71. The average molecular weight is 270 g/mol. The molecular formula is C13H16F2N2O2. The van der Waals surface area contributed by atoms with Gasteiger partial charge in [-0.05, 0) is 25.1 Å². The predicted octanol–water partition coefficient (Wildman–Crippen LogP) is 1.15. The molecule has 1 aliphatic heterocycles. The molecule has 0 aromatic heterocycles. The molecule has 2 unspecified atom stereocenters. The van der Waals surface area contributed by atoms with Crippen LogP contribution in [0.15, 0.2) is 18.2 Å². The van der Waals surface area contributed by atoms with Crippen LogP contribution in [0.5, 0.6) is 0 Å². The van der Waals surface area contributed by atoms with E-state index >= 15 is 0 Å². The molecule has 0 aliphatic carbocycles. The Balaban J connectivity index is 2.21. The van der Waals surface area contributed by atoms with Crippen LogP contribution in [-0.4, -0.2) is 42.6 Å². The Kier molecular flexibility index (Phi) is 4.11. The molecule has 0 radical (unpaired) electrons. The number of nitrogens with zero attached hydrogens (tertiary/aromatic N) is 1. The Bertz CT molecular complexity index is 482. The maximum Gasteiger partial charge on any atom is 0.257 e. The van der Waals surface area contributed by atoms with Gasteiger partial charge >= 0.3 is 0 Å². The van der Waals surface area contributed by atoms with Crippen molar-refractivity contribution in [1.29, 1.82) is 0 Å². The first kappa shape index (κ1) is 13.9. The van der Waals surface area contributed by atoms with Crippen molar-refractivity contribution in [3.05, 3.63) is 35.4 Å². The van der Waals surface area contributed by atoms with E-state index in [0.29, 0.717) is 6.54 Å². The van der Waals surface area contributed by atoms with Crippen molar-refractivity contribution in [2.45, 2.75) is 19.1 Å². The number of morpholine rings is 1. The summed E-state index contributed by atoms with van der Waals surface area (Å²) in [4.78, 5) is 13.7. The zero-order chi connectivity index (χ0) is 14.0. The first-order chi connectivity index (χ1) is 9.01. The third-order valence-electron chi connectivity index (χ3n) is 3.04. The third-order valence-corrected chi connectivity index (χ3v) is 3.04. The van der Waals surface area contributed by atoms with Crippen molar-refractivity contribution in [3.63, 3.8) is 0 Å². The number of nitrogens with two attached hydrogens (primary N) is 1. The summed E-state index contributed by atoms with van der Waals surface area (Å²) in [5.41, 5.74) is 5.26. The maximum atomic E-state index is 13.6. The van der Waals surface area contributed by atoms with E-state index in [-0.39, 0.29) is 30.9 Å². The van der Waals surface area contributed by atoms with Crippen molar-refractivity contribution in [2.75, 3.05) is 19.6 Å². The van der Waals surface area contributed by atoms with Gasteiger partial charge in [-0.2, -0.15) is 0 Å². The van der Waals surface area contributed by atoms with Crippen molar-refractivity contribution < 1.29 is 18.3 Å². The highest BCUT2D eigenvalue weighted by atomic mass is 19.1. The molecule has 19 heavy (non-hydrogen) atoms. The van der Waals surface area contributed by atoms with Gasteiger partial charge in [-0.3, -0.25) is 4.79 Å². The Morgan fingerprint density at radius 3 is 2.89 bits per heavy atom. The van der Waals surface area contributed by atoms with Crippen LogP contribution in [0.4, 0.5) is 8.78 Å². The molecule has 0 bridgehead atoms. The molecule has 1 amide bonds. The smallest absolute Gasteiger partial charge is 0.257 e. The number of hydrogen-bond acceptors (Lipinski definition) is 3. The van der Waals surface area contributed by atoms with Crippen molar-refractivity contribution in [3.8, 4) is 0 Å². The lowest BCUT2D eigenvalue weighted by molar-refractivity contribution is -0.0626. The van der Waals surface area contributed by atoms with E-state index in [1.54, 1.807) is 0 Å². The van der Waals surface area contributed by atoms with Crippen LogP contribution < -0.4 is 5.73 Å². The average Bonchev–Trinajstić information content (AvgIpc) is 2.40. The van der Waals surface area contributed by atoms with Crippen LogP contribution in [0.1, 0.15) is 17.3 Å². The van der Waals surface area contributed by atoms with Crippen molar-refractivity contribution >= 4 is 5.91 Å². The molecule has 1 aromatic rings. The standard InChI is InChI=1S/C13H16F2N2O2/c1-8-6-17(7-10(5-16)19-8)13(18)11-4-9(14)2-3-12(11)15/h2-4,8,10H,5-7,16H2,1H3. The quantitative estimate of drug-likeness (QED) is 0.877. The summed E-state index contributed by atoms with van der Waals surface area (Å²) < 4.78 is 32.2. The van der Waals surface area contributed by atoms with E-state index in [9.17, 15) is 13.6 Å². The SMILES string of the molecule is CC1CN(C(=O)c2cc(F)ccc2F)CC(CN)O1. The molecule has 2 atom stereocenters. The minimum atomic E-state index is -0.727. The van der Waals surface area contributed by atoms with Crippen LogP contribution in [0.3, 0.4) is 0 Å². The third kappa shape index (κ3) is 3.08. The van der Waals surface area contributed by atoms with Crippen LogP contribution in [0, 0.1) is 11.6 Å². The van der Waals surface area contributed by atoms with E-state index in [1.807, 2.05) is 6.92 Å². The Morgan fingerprint density at radius 2 is 2.21 bits per heavy atom. The Hall–Kier alpha value is -1.53. The molecule has 1 aromatic carbocycles. The summed E-state index contributed by atoms with van der Waals surface area (Å²) in [6, 6.07) is 2.85. The van der Waals surface area contributed by atoms with Gasteiger partial charge in [-0.15, -0.1) is 0 Å². The fourth-order valence-electron chi connectivity index (χ4n) is 2.17. The predicted molar refractivity (Wildman–Crippen MR) is 65.7 cm³/mol. The fraction of sp³-hybridized carbons (Fsp3) is 0.462. The molecule has 104 valence electrons. The Labute approximate surface area is 110 Å². The van der Waals surface area contributed by atoms with Gasteiger partial charge in [0.05, 0.1) is 17.8 Å². The first-order valence-electron chi connectivity index (χ1n) is 6.11. The molecule has 0 spiro atoms. The number of carbonyl (C=O) groups excluding carboxylic acids is 1. The van der Waals surface area contributed by atoms with Crippen LogP contribution in [0.2, 0.25) is 0 Å². The second kappa shape index (κ2) is 5.63. The van der Waals surface area contributed by atoms with E-state index < -0.39 is 17.5 Å². The lowest BCUT2D eigenvalue weighted by atomic mass is 10.1. The lowest BCUT2D eigenvalue weighted by Gasteiger charge is -2.36. The fourth-order valence-corrected chi connectivity index (χ4v) is 2.17. The van der Waals surface area contributed by atoms with Gasteiger partial charge in [0.1, 0.15) is 11.6 Å². The minimum Gasteiger partial charge on any atom is -0.370 e. The molecule has 2 rings (SSSR count). The number of amides is 1. The normalized spacial score (nSPS) is 23.5. The number of benzene rings is 1. The van der Waals surface area contributed by atoms with Gasteiger partial charge in [0.2, 0.25) is 0 Å². The number of hydrogen-bond donors (Lipinski definition) is 1. The van der Waals surface area contributed by atoms with E-state index in [0.717, 1.165) is 18.2 Å². The van der Waals surface area contributed by atoms with Crippen LogP contribution in [0.25, 0.3) is 0 Å². The highest BCUT2D eigenvalue weighted by Gasteiger charge is 2.29. The highest BCUT2D eigenvalue weighted by molar-refractivity contribution is 5.94. The maximum absolute atomic E-state index is 13.6. The summed E-state index contributed by atoms with van der Waals surface area (Å²) in [5, 5.41) is 0. The van der Waals surface area contributed by atoms with Crippen molar-refractivity contribution in [1.82, 2.24) is 4.90 Å². The molecule has 1 saturated heterocycles. The monoisotopic (exact) mass is 270 g/mol. The summed E-state index contributed by atoms with van der Waals surface area (Å²) in [6.07, 6.45) is -0.452. The minimum absolute atomic E-state index is 0.178. The van der Waals surface area contributed by atoms with E-state index in [2.05, 4.69) is 0 Å². The first-order valence-corrected chi connectivity index (χ1v) is 6.11. The number of rotatable bonds is 2. The summed E-state index contributed by atoms with van der Waals surface area (Å²) >= 11 is 0. The number of carbonyl (C=O) groups is 1. The van der Waals surface area contributed by atoms with Gasteiger partial charge in [0.25, 0.3) is 5.91 Å². The van der Waals surface area contributed by atoms with Gasteiger partial charge in [-0.1, -0.05) is 0 Å². The molecule has 1 heterocycles.